The van der Waals surface area contributed by atoms with E-state index in [1.807, 2.05) is 68.1 Å². The Labute approximate surface area is 238 Å². The number of carbonyl (C=O) groups excluding carboxylic acids is 2. The number of carbonyl (C=O) groups is 2. The number of rotatable bonds is 10. The molecule has 0 aliphatic carbocycles. The molecule has 3 rings (SSSR count). The average Bonchev–Trinajstić information content (AvgIpc) is 2.86. The van der Waals surface area contributed by atoms with E-state index in [1.54, 1.807) is 33.2 Å². The minimum Gasteiger partial charge on any atom is -0.444 e. The molecule has 4 atom stereocenters. The van der Waals surface area contributed by atoms with E-state index in [-0.39, 0.29) is 18.6 Å². The van der Waals surface area contributed by atoms with E-state index in [9.17, 15) is 14.7 Å². The van der Waals surface area contributed by atoms with Gasteiger partial charge in [0.25, 0.3) is 0 Å². The number of piperidine rings is 1. The molecule has 9 nitrogen and oxygen atoms in total. The van der Waals surface area contributed by atoms with Crippen LogP contribution >= 0.6 is 0 Å². The molecule has 1 aliphatic rings. The van der Waals surface area contributed by atoms with Gasteiger partial charge in [-0.05, 0) is 84.1 Å². The molecular formula is C31H46N4O5. The van der Waals surface area contributed by atoms with E-state index in [0.29, 0.717) is 26.0 Å². The summed E-state index contributed by atoms with van der Waals surface area (Å²) in [4.78, 5) is 32.2. The van der Waals surface area contributed by atoms with Crippen molar-refractivity contribution in [2.45, 2.75) is 103 Å². The first-order valence-electron chi connectivity index (χ1n) is 14.1. The zero-order valence-electron chi connectivity index (χ0n) is 24.7. The Morgan fingerprint density at radius 3 is 2.35 bits per heavy atom. The van der Waals surface area contributed by atoms with E-state index in [1.165, 1.54) is 0 Å². The van der Waals surface area contributed by atoms with Crippen LogP contribution < -0.4 is 10.6 Å². The number of nitrogens with zero attached hydrogens (tertiary/aromatic N) is 2. The SMILES string of the molecule is CC(C)(C)NC(=O)[C@@H]1C[C@H](OCc2ccncc2)CCN1C[C@@H](O)[C@H](Cc1ccccc1)NC(=O)OC(C)(C)C. The van der Waals surface area contributed by atoms with Crippen molar-refractivity contribution in [3.63, 3.8) is 0 Å². The number of hydrogen-bond acceptors (Lipinski definition) is 7. The van der Waals surface area contributed by atoms with Crippen LogP contribution in [0.3, 0.4) is 0 Å². The van der Waals surface area contributed by atoms with Gasteiger partial charge in [0.15, 0.2) is 0 Å². The maximum Gasteiger partial charge on any atom is 0.407 e. The molecule has 0 bridgehead atoms. The summed E-state index contributed by atoms with van der Waals surface area (Å²) in [5, 5.41) is 17.4. The quantitative estimate of drug-likeness (QED) is 0.409. The van der Waals surface area contributed by atoms with Crippen LogP contribution in [-0.2, 0) is 27.3 Å². The number of alkyl carbamates (subject to hydrolysis) is 1. The molecule has 1 aromatic carbocycles. The van der Waals surface area contributed by atoms with Gasteiger partial charge in [0.2, 0.25) is 5.91 Å². The van der Waals surface area contributed by atoms with Crippen LogP contribution in [0.5, 0.6) is 0 Å². The Morgan fingerprint density at radius 2 is 1.73 bits per heavy atom. The van der Waals surface area contributed by atoms with Crippen molar-refractivity contribution < 1.29 is 24.2 Å². The maximum absolute atomic E-state index is 13.4. The lowest BCUT2D eigenvalue weighted by Gasteiger charge is -2.41. The first kappa shape index (κ1) is 31.5. The molecule has 0 radical (unpaired) electrons. The van der Waals surface area contributed by atoms with Crippen LogP contribution in [0.15, 0.2) is 54.9 Å². The number of likely N-dealkylation sites (tertiary alicyclic amines) is 1. The highest BCUT2D eigenvalue weighted by Gasteiger charge is 2.37. The fourth-order valence-corrected chi connectivity index (χ4v) is 4.75. The van der Waals surface area contributed by atoms with Crippen LogP contribution in [0.2, 0.25) is 0 Å². The highest BCUT2D eigenvalue weighted by molar-refractivity contribution is 5.82. The Kier molecular flexibility index (Phi) is 11.1. The second-order valence-electron chi connectivity index (χ2n) is 12.6. The molecule has 2 heterocycles. The van der Waals surface area contributed by atoms with E-state index < -0.39 is 35.4 Å². The first-order chi connectivity index (χ1) is 18.8. The minimum absolute atomic E-state index is 0.0997. The highest BCUT2D eigenvalue weighted by Crippen LogP contribution is 2.23. The normalized spacial score (nSPS) is 19.9. The number of aliphatic hydroxyl groups excluding tert-OH is 1. The second kappa shape index (κ2) is 14.1. The van der Waals surface area contributed by atoms with Crippen LogP contribution in [0.25, 0.3) is 0 Å². The Hall–Kier alpha value is -3.01. The third kappa shape index (κ3) is 10.9. The van der Waals surface area contributed by atoms with Crippen molar-refractivity contribution in [2.75, 3.05) is 13.1 Å². The van der Waals surface area contributed by atoms with Crippen molar-refractivity contribution in [1.29, 1.82) is 0 Å². The Bertz CT molecular complexity index is 1070. The summed E-state index contributed by atoms with van der Waals surface area (Å²) in [7, 11) is 0. The van der Waals surface area contributed by atoms with E-state index in [4.69, 9.17) is 9.47 Å². The highest BCUT2D eigenvalue weighted by atomic mass is 16.6. The average molecular weight is 555 g/mol. The lowest BCUT2D eigenvalue weighted by Crippen LogP contribution is -2.59. The van der Waals surface area contributed by atoms with E-state index in [2.05, 4.69) is 15.6 Å². The van der Waals surface area contributed by atoms with Crippen LogP contribution in [0.1, 0.15) is 65.5 Å². The summed E-state index contributed by atoms with van der Waals surface area (Å²) >= 11 is 0. The number of aliphatic hydroxyl groups is 1. The van der Waals surface area contributed by atoms with Crippen molar-refractivity contribution >= 4 is 12.0 Å². The summed E-state index contributed by atoms with van der Waals surface area (Å²) in [6, 6.07) is 12.4. The fourth-order valence-electron chi connectivity index (χ4n) is 4.75. The predicted octanol–water partition coefficient (Wildman–Crippen LogP) is 3.84. The topological polar surface area (TPSA) is 113 Å². The van der Waals surface area contributed by atoms with Crippen molar-refractivity contribution in [2.24, 2.45) is 0 Å². The second-order valence-corrected chi connectivity index (χ2v) is 12.6. The van der Waals surface area contributed by atoms with Crippen LogP contribution in [-0.4, -0.2) is 75.5 Å². The van der Waals surface area contributed by atoms with Crippen molar-refractivity contribution in [1.82, 2.24) is 20.5 Å². The molecule has 0 unspecified atom stereocenters. The van der Waals surface area contributed by atoms with Gasteiger partial charge in [-0.25, -0.2) is 4.79 Å². The maximum atomic E-state index is 13.4. The summed E-state index contributed by atoms with van der Waals surface area (Å²) in [6.07, 6.45) is 3.49. The van der Waals surface area contributed by atoms with Crippen LogP contribution in [0.4, 0.5) is 4.79 Å². The third-order valence-electron chi connectivity index (χ3n) is 6.59. The summed E-state index contributed by atoms with van der Waals surface area (Å²) in [5.74, 6) is -0.100. The number of amides is 2. The lowest BCUT2D eigenvalue weighted by atomic mass is 9.95. The molecule has 2 aromatic rings. The molecule has 2 amide bonds. The number of aromatic nitrogens is 1. The molecule has 1 saturated heterocycles. The van der Waals surface area contributed by atoms with Gasteiger partial charge in [-0.3, -0.25) is 14.7 Å². The Morgan fingerprint density at radius 1 is 1.05 bits per heavy atom. The van der Waals surface area contributed by atoms with Crippen LogP contribution in [0, 0.1) is 0 Å². The molecular weight excluding hydrogens is 508 g/mol. The van der Waals surface area contributed by atoms with E-state index in [0.717, 1.165) is 17.5 Å². The zero-order chi connectivity index (χ0) is 29.3. The van der Waals surface area contributed by atoms with Crippen molar-refractivity contribution in [3.05, 3.63) is 66.0 Å². The molecule has 3 N–H and O–H groups in total. The molecule has 40 heavy (non-hydrogen) atoms. The van der Waals surface area contributed by atoms with Gasteiger partial charge in [0, 0.05) is 31.0 Å². The minimum atomic E-state index is -0.938. The monoisotopic (exact) mass is 554 g/mol. The number of β-amino-alcohol motifs (C(OH)–C–C–N with tert-alkyl or cyclic N) is 1. The standard InChI is InChI=1S/C31H46N4O5/c1-30(2,3)34-28(37)26-19-24(39-21-23-12-15-32-16-13-23)14-17-35(26)20-27(36)25(18-22-10-8-7-9-11-22)33-29(38)40-31(4,5)6/h7-13,15-16,24-27,36H,14,17-21H2,1-6H3,(H,33,38)(H,34,37)/t24-,25+,26+,27-/m1/s1. The molecule has 0 saturated carbocycles. The lowest BCUT2D eigenvalue weighted by molar-refractivity contribution is -0.133. The van der Waals surface area contributed by atoms with Crippen molar-refractivity contribution in [3.8, 4) is 0 Å². The van der Waals surface area contributed by atoms with Gasteiger partial charge in [0.05, 0.1) is 30.9 Å². The van der Waals surface area contributed by atoms with Gasteiger partial charge in [-0.1, -0.05) is 30.3 Å². The van der Waals surface area contributed by atoms with E-state index >= 15 is 0 Å². The molecule has 1 aromatic heterocycles. The number of benzene rings is 1. The summed E-state index contributed by atoms with van der Waals surface area (Å²) in [6.45, 7) is 12.5. The molecule has 0 spiro atoms. The molecule has 9 heteroatoms. The summed E-state index contributed by atoms with van der Waals surface area (Å²) < 4.78 is 11.7. The number of hydrogen-bond donors (Lipinski definition) is 3. The molecule has 220 valence electrons. The largest absolute Gasteiger partial charge is 0.444 e. The van der Waals surface area contributed by atoms with Gasteiger partial charge in [-0.15, -0.1) is 0 Å². The predicted molar refractivity (Wildman–Crippen MR) is 155 cm³/mol. The van der Waals surface area contributed by atoms with Gasteiger partial charge >= 0.3 is 6.09 Å². The molecule has 1 fully saturated rings. The fraction of sp³-hybridized carbons (Fsp3) is 0.581. The van der Waals surface area contributed by atoms with Gasteiger partial charge in [0.1, 0.15) is 5.60 Å². The Balaban J connectivity index is 1.73. The number of ether oxygens (including phenoxy) is 2. The molecule has 1 aliphatic heterocycles. The van der Waals surface area contributed by atoms with Gasteiger partial charge in [-0.2, -0.15) is 0 Å². The smallest absolute Gasteiger partial charge is 0.407 e. The first-order valence-corrected chi connectivity index (χ1v) is 14.1. The third-order valence-corrected chi connectivity index (χ3v) is 6.59. The number of nitrogens with one attached hydrogen (secondary N) is 2. The summed E-state index contributed by atoms with van der Waals surface area (Å²) in [5.41, 5.74) is 0.939. The number of pyridine rings is 1. The zero-order valence-corrected chi connectivity index (χ0v) is 24.7. The van der Waals surface area contributed by atoms with Gasteiger partial charge < -0.3 is 25.2 Å².